The maximum atomic E-state index is 13.8. The fourth-order valence-electron chi connectivity index (χ4n) is 2.43. The van der Waals surface area contributed by atoms with Gasteiger partial charge in [0.2, 0.25) is 0 Å². The minimum Gasteiger partial charge on any atom is -0.478 e. The third kappa shape index (κ3) is 2.31. The van der Waals surface area contributed by atoms with E-state index in [9.17, 15) is 14.3 Å². The summed E-state index contributed by atoms with van der Waals surface area (Å²) in [5.41, 5.74) is -0.993. The van der Waals surface area contributed by atoms with Crippen molar-refractivity contribution in [2.24, 2.45) is 0 Å². The lowest BCUT2D eigenvalue weighted by Crippen LogP contribution is -2.29. The van der Waals surface area contributed by atoms with E-state index in [1.807, 2.05) is 0 Å². The van der Waals surface area contributed by atoms with Crippen LogP contribution in [0.1, 0.15) is 48.0 Å². The van der Waals surface area contributed by atoms with E-state index in [2.05, 4.69) is 0 Å². The minimum atomic E-state index is -1.16. The summed E-state index contributed by atoms with van der Waals surface area (Å²) in [5.74, 6) is -1.79. The van der Waals surface area contributed by atoms with Gasteiger partial charge in [-0.15, -0.1) is 0 Å². The molecule has 0 spiro atoms. The summed E-state index contributed by atoms with van der Waals surface area (Å²) in [6.07, 6.45) is 3.87. The van der Waals surface area contributed by atoms with E-state index >= 15 is 0 Å². The molecule has 0 aliphatic heterocycles. The third-order valence-electron chi connectivity index (χ3n) is 3.40. The molecular weight excluding hydrogens is 223 g/mol. The molecule has 4 heteroatoms. The molecule has 0 atom stereocenters. The van der Waals surface area contributed by atoms with Gasteiger partial charge in [-0.2, -0.15) is 0 Å². The van der Waals surface area contributed by atoms with Gasteiger partial charge in [-0.3, -0.25) is 0 Å². The smallest absolute Gasteiger partial charge is 0.335 e. The lowest BCUT2D eigenvalue weighted by molar-refractivity contribution is -0.00379. The molecule has 0 unspecified atom stereocenters. The van der Waals surface area contributed by atoms with Gasteiger partial charge < -0.3 is 10.2 Å². The summed E-state index contributed by atoms with van der Waals surface area (Å²) in [7, 11) is 0. The molecule has 3 nitrogen and oxygen atoms in total. The van der Waals surface area contributed by atoms with E-state index in [4.69, 9.17) is 5.11 Å². The average molecular weight is 238 g/mol. The Balaban J connectivity index is 2.35. The molecule has 2 N–H and O–H groups in total. The number of aliphatic hydroxyl groups is 1. The molecule has 0 radical (unpaired) electrons. The maximum absolute atomic E-state index is 13.8. The second-order valence-electron chi connectivity index (χ2n) is 4.59. The number of hydrogen-bond acceptors (Lipinski definition) is 2. The van der Waals surface area contributed by atoms with E-state index in [1.54, 1.807) is 0 Å². The predicted molar refractivity (Wildman–Crippen MR) is 60.3 cm³/mol. The van der Waals surface area contributed by atoms with Crippen LogP contribution in [0.25, 0.3) is 0 Å². The summed E-state index contributed by atoms with van der Waals surface area (Å²) < 4.78 is 13.8. The molecule has 1 saturated carbocycles. The van der Waals surface area contributed by atoms with Gasteiger partial charge >= 0.3 is 5.97 Å². The van der Waals surface area contributed by atoms with Crippen molar-refractivity contribution in [2.75, 3.05) is 0 Å². The van der Waals surface area contributed by atoms with Gasteiger partial charge in [-0.25, -0.2) is 9.18 Å². The Morgan fingerprint density at radius 1 is 1.24 bits per heavy atom. The van der Waals surface area contributed by atoms with E-state index in [-0.39, 0.29) is 11.1 Å². The van der Waals surface area contributed by atoms with Crippen molar-refractivity contribution in [3.05, 3.63) is 35.1 Å². The monoisotopic (exact) mass is 238 g/mol. The van der Waals surface area contributed by atoms with Crippen LogP contribution in [0.2, 0.25) is 0 Å². The summed E-state index contributed by atoms with van der Waals surface area (Å²) in [6, 6.07) is 3.71. The zero-order valence-electron chi connectivity index (χ0n) is 9.45. The highest BCUT2D eigenvalue weighted by Crippen LogP contribution is 2.38. The van der Waals surface area contributed by atoms with Crippen molar-refractivity contribution in [1.29, 1.82) is 0 Å². The van der Waals surface area contributed by atoms with Crippen molar-refractivity contribution < 1.29 is 19.4 Å². The van der Waals surface area contributed by atoms with Crippen LogP contribution >= 0.6 is 0 Å². The van der Waals surface area contributed by atoms with Crippen LogP contribution in [0.3, 0.4) is 0 Å². The standard InChI is InChI=1S/C13H15FO3/c14-11-8-9(12(15)16)4-5-10(11)13(17)6-2-1-3-7-13/h4-5,8,17H,1-3,6-7H2,(H,15,16). The molecular formula is C13H15FO3. The highest BCUT2D eigenvalue weighted by molar-refractivity contribution is 5.87. The zero-order valence-corrected chi connectivity index (χ0v) is 9.45. The Morgan fingerprint density at radius 3 is 2.41 bits per heavy atom. The highest BCUT2D eigenvalue weighted by Gasteiger charge is 2.33. The summed E-state index contributed by atoms with van der Waals surface area (Å²) in [5, 5.41) is 19.1. The van der Waals surface area contributed by atoms with Crippen LogP contribution in [0.5, 0.6) is 0 Å². The van der Waals surface area contributed by atoms with E-state index < -0.39 is 17.4 Å². The molecule has 1 aliphatic carbocycles. The van der Waals surface area contributed by atoms with Crippen molar-refractivity contribution in [1.82, 2.24) is 0 Å². The number of aromatic carboxylic acids is 1. The molecule has 0 bridgehead atoms. The molecule has 0 amide bonds. The molecule has 2 rings (SSSR count). The van der Waals surface area contributed by atoms with Gasteiger partial charge in [-0.1, -0.05) is 25.3 Å². The minimum absolute atomic E-state index is 0.0920. The molecule has 0 heterocycles. The van der Waals surface area contributed by atoms with Crippen molar-refractivity contribution in [3.8, 4) is 0 Å². The van der Waals surface area contributed by atoms with Gasteiger partial charge in [0.15, 0.2) is 0 Å². The summed E-state index contributed by atoms with van der Waals surface area (Å²) in [6.45, 7) is 0. The van der Waals surface area contributed by atoms with Gasteiger partial charge in [0.1, 0.15) is 5.82 Å². The largest absolute Gasteiger partial charge is 0.478 e. The van der Waals surface area contributed by atoms with Gasteiger partial charge in [0, 0.05) is 5.56 Å². The van der Waals surface area contributed by atoms with E-state index in [0.29, 0.717) is 12.8 Å². The first kappa shape index (κ1) is 12.0. The van der Waals surface area contributed by atoms with Gasteiger partial charge in [0.05, 0.1) is 11.2 Å². The molecule has 0 aromatic heterocycles. The lowest BCUT2D eigenvalue weighted by atomic mass is 9.79. The highest BCUT2D eigenvalue weighted by atomic mass is 19.1. The SMILES string of the molecule is O=C(O)c1ccc(C2(O)CCCCC2)c(F)c1. The molecule has 1 aliphatic rings. The van der Waals surface area contributed by atoms with Crippen LogP contribution in [0.15, 0.2) is 18.2 Å². The first-order chi connectivity index (χ1) is 8.03. The Bertz CT molecular complexity index is 436. The van der Waals surface area contributed by atoms with Crippen molar-refractivity contribution >= 4 is 5.97 Å². The Labute approximate surface area is 98.9 Å². The number of benzene rings is 1. The second-order valence-corrected chi connectivity index (χ2v) is 4.59. The fourth-order valence-corrected chi connectivity index (χ4v) is 2.43. The van der Waals surface area contributed by atoms with Gasteiger partial charge in [0.25, 0.3) is 0 Å². The molecule has 0 saturated heterocycles. The van der Waals surface area contributed by atoms with E-state index in [0.717, 1.165) is 25.3 Å². The van der Waals surface area contributed by atoms with Crippen LogP contribution in [0.4, 0.5) is 4.39 Å². The zero-order chi connectivity index (χ0) is 12.5. The number of carboxylic acid groups (broad SMARTS) is 1. The molecule has 92 valence electrons. The molecule has 17 heavy (non-hydrogen) atoms. The number of halogens is 1. The number of hydrogen-bond donors (Lipinski definition) is 2. The summed E-state index contributed by atoms with van der Waals surface area (Å²) >= 11 is 0. The summed E-state index contributed by atoms with van der Waals surface area (Å²) in [4.78, 5) is 10.7. The van der Waals surface area contributed by atoms with Crippen LogP contribution in [0, 0.1) is 5.82 Å². The first-order valence-electron chi connectivity index (χ1n) is 5.79. The maximum Gasteiger partial charge on any atom is 0.335 e. The van der Waals surface area contributed by atoms with Gasteiger partial charge in [-0.05, 0) is 25.0 Å². The van der Waals surface area contributed by atoms with Crippen molar-refractivity contribution in [3.63, 3.8) is 0 Å². The third-order valence-corrected chi connectivity index (χ3v) is 3.40. The lowest BCUT2D eigenvalue weighted by Gasteiger charge is -2.32. The topological polar surface area (TPSA) is 57.5 Å². The predicted octanol–water partition coefficient (Wildman–Crippen LogP) is 2.68. The Morgan fingerprint density at radius 2 is 1.88 bits per heavy atom. The average Bonchev–Trinajstić information content (AvgIpc) is 2.29. The van der Waals surface area contributed by atoms with Crippen LogP contribution < -0.4 is 0 Å². The Kier molecular flexibility index (Phi) is 3.15. The number of rotatable bonds is 2. The Hall–Kier alpha value is -1.42. The van der Waals surface area contributed by atoms with Crippen LogP contribution in [-0.2, 0) is 5.60 Å². The quantitative estimate of drug-likeness (QED) is 0.832. The first-order valence-corrected chi connectivity index (χ1v) is 5.79. The fraction of sp³-hybridized carbons (Fsp3) is 0.462. The molecule has 1 fully saturated rings. The second kappa shape index (κ2) is 4.45. The molecule has 1 aromatic rings. The van der Waals surface area contributed by atoms with Crippen molar-refractivity contribution in [2.45, 2.75) is 37.7 Å². The van der Waals surface area contributed by atoms with E-state index in [1.165, 1.54) is 12.1 Å². The normalized spacial score (nSPS) is 18.9. The number of carbonyl (C=O) groups is 1. The van der Waals surface area contributed by atoms with Crippen LogP contribution in [-0.4, -0.2) is 16.2 Å². The number of carboxylic acids is 1. The molecule has 1 aromatic carbocycles.